The lowest BCUT2D eigenvalue weighted by Crippen LogP contribution is -2.37. The zero-order chi connectivity index (χ0) is 11.4. The monoisotopic (exact) mass is 302 g/mol. The fourth-order valence-corrected chi connectivity index (χ4v) is 3.77. The highest BCUT2D eigenvalue weighted by molar-refractivity contribution is 9.10. The van der Waals surface area contributed by atoms with Gasteiger partial charge in [-0.05, 0) is 47.9 Å². The van der Waals surface area contributed by atoms with E-state index in [1.807, 2.05) is 11.3 Å². The highest BCUT2D eigenvalue weighted by atomic mass is 79.9. The predicted octanol–water partition coefficient (Wildman–Crippen LogP) is 3.08. The van der Waals surface area contributed by atoms with Crippen LogP contribution in [0, 0.1) is 0 Å². The molecule has 0 bridgehead atoms. The van der Waals surface area contributed by atoms with Gasteiger partial charge in [0, 0.05) is 33.9 Å². The third-order valence-electron chi connectivity index (χ3n) is 3.21. The molecule has 2 nitrogen and oxygen atoms in total. The number of nitrogens with one attached hydrogen (secondary N) is 1. The summed E-state index contributed by atoms with van der Waals surface area (Å²) in [5, 5.41) is 5.71. The van der Waals surface area contributed by atoms with Crippen LogP contribution in [0.2, 0.25) is 0 Å². The van der Waals surface area contributed by atoms with Gasteiger partial charge in [-0.15, -0.1) is 11.3 Å². The van der Waals surface area contributed by atoms with Crippen molar-refractivity contribution in [1.29, 1.82) is 0 Å². The molecule has 2 heterocycles. The van der Waals surface area contributed by atoms with Crippen LogP contribution < -0.4 is 5.32 Å². The van der Waals surface area contributed by atoms with Crippen LogP contribution in [0.15, 0.2) is 15.9 Å². The lowest BCUT2D eigenvalue weighted by atomic mass is 10.2. The molecule has 1 aliphatic heterocycles. The maximum Gasteiger partial charge on any atom is 0.0300 e. The Morgan fingerprint density at radius 2 is 2.50 bits per heavy atom. The number of likely N-dealkylation sites (N-methyl/N-ethyl adjacent to an activating group) is 1. The summed E-state index contributed by atoms with van der Waals surface area (Å²) in [5.41, 5.74) is 0. The van der Waals surface area contributed by atoms with Crippen molar-refractivity contribution in [2.24, 2.45) is 0 Å². The Kier molecular flexibility index (Phi) is 4.82. The molecule has 1 aromatic heterocycles. The van der Waals surface area contributed by atoms with E-state index in [4.69, 9.17) is 0 Å². The van der Waals surface area contributed by atoms with E-state index in [-0.39, 0.29) is 0 Å². The Hall–Kier alpha value is 0.1000. The molecule has 90 valence electrons. The summed E-state index contributed by atoms with van der Waals surface area (Å²) in [6.07, 6.45) is 2.72. The second-order valence-electron chi connectivity index (χ2n) is 4.29. The number of rotatable bonds is 5. The molecular formula is C12H19BrN2S. The van der Waals surface area contributed by atoms with Gasteiger partial charge in [0.2, 0.25) is 0 Å². The van der Waals surface area contributed by atoms with Crippen LogP contribution in [0.5, 0.6) is 0 Å². The molecule has 4 heteroatoms. The number of hydrogen-bond acceptors (Lipinski definition) is 3. The minimum Gasteiger partial charge on any atom is -0.310 e. The van der Waals surface area contributed by atoms with Gasteiger partial charge in [0.15, 0.2) is 0 Å². The number of halogens is 1. The normalized spacial score (nSPS) is 21.8. The Labute approximate surface area is 110 Å². The summed E-state index contributed by atoms with van der Waals surface area (Å²) in [6.45, 7) is 6.87. The number of hydrogen-bond donors (Lipinski definition) is 1. The highest BCUT2D eigenvalue weighted by Crippen LogP contribution is 2.20. The van der Waals surface area contributed by atoms with Gasteiger partial charge < -0.3 is 5.32 Å². The maximum atomic E-state index is 3.57. The number of nitrogens with zero attached hydrogens (tertiary/aromatic N) is 1. The SMILES string of the molecule is CCN1CCC[C@@H]1CNCc1cc(Br)cs1. The predicted molar refractivity (Wildman–Crippen MR) is 74.0 cm³/mol. The van der Waals surface area contributed by atoms with Crippen LogP contribution in [0.4, 0.5) is 0 Å². The average molecular weight is 303 g/mol. The molecular weight excluding hydrogens is 284 g/mol. The largest absolute Gasteiger partial charge is 0.310 e. The molecule has 1 saturated heterocycles. The van der Waals surface area contributed by atoms with E-state index in [1.165, 1.54) is 35.3 Å². The van der Waals surface area contributed by atoms with E-state index in [2.05, 4.69) is 44.5 Å². The topological polar surface area (TPSA) is 15.3 Å². The van der Waals surface area contributed by atoms with E-state index in [1.54, 1.807) is 0 Å². The Morgan fingerprint density at radius 3 is 3.19 bits per heavy atom. The average Bonchev–Trinajstić information content (AvgIpc) is 2.87. The van der Waals surface area contributed by atoms with Crippen LogP contribution in [0.25, 0.3) is 0 Å². The van der Waals surface area contributed by atoms with Crippen molar-refractivity contribution in [1.82, 2.24) is 10.2 Å². The fraction of sp³-hybridized carbons (Fsp3) is 0.667. The van der Waals surface area contributed by atoms with Crippen molar-refractivity contribution in [2.75, 3.05) is 19.6 Å². The van der Waals surface area contributed by atoms with Gasteiger partial charge in [-0.1, -0.05) is 6.92 Å². The molecule has 0 aromatic carbocycles. The minimum atomic E-state index is 0.758. The number of likely N-dealkylation sites (tertiary alicyclic amines) is 1. The molecule has 0 aliphatic carbocycles. The molecule has 0 amide bonds. The van der Waals surface area contributed by atoms with Crippen molar-refractivity contribution < 1.29 is 0 Å². The Morgan fingerprint density at radius 1 is 1.62 bits per heavy atom. The lowest BCUT2D eigenvalue weighted by molar-refractivity contribution is 0.260. The lowest BCUT2D eigenvalue weighted by Gasteiger charge is -2.22. The maximum absolute atomic E-state index is 3.57. The van der Waals surface area contributed by atoms with Crippen LogP contribution >= 0.6 is 27.3 Å². The molecule has 1 fully saturated rings. The molecule has 1 N–H and O–H groups in total. The standard InChI is InChI=1S/C12H19BrN2S/c1-2-15-5-3-4-11(15)7-14-8-12-6-10(13)9-16-12/h6,9,11,14H,2-5,7-8H2,1H3/t11-/m1/s1. The third-order valence-corrected chi connectivity index (χ3v) is 4.90. The molecule has 0 saturated carbocycles. The minimum absolute atomic E-state index is 0.758. The second kappa shape index (κ2) is 6.15. The summed E-state index contributed by atoms with van der Waals surface area (Å²) in [7, 11) is 0. The number of thiophene rings is 1. The van der Waals surface area contributed by atoms with E-state index in [0.29, 0.717) is 0 Å². The van der Waals surface area contributed by atoms with Crippen molar-refractivity contribution in [3.05, 3.63) is 20.8 Å². The van der Waals surface area contributed by atoms with Crippen LogP contribution in [-0.2, 0) is 6.54 Å². The van der Waals surface area contributed by atoms with Crippen molar-refractivity contribution in [2.45, 2.75) is 32.4 Å². The van der Waals surface area contributed by atoms with Crippen LogP contribution in [0.1, 0.15) is 24.6 Å². The van der Waals surface area contributed by atoms with Gasteiger partial charge in [-0.25, -0.2) is 0 Å². The van der Waals surface area contributed by atoms with E-state index in [0.717, 1.165) is 19.1 Å². The molecule has 0 unspecified atom stereocenters. The zero-order valence-corrected chi connectivity index (χ0v) is 12.1. The first kappa shape index (κ1) is 12.6. The van der Waals surface area contributed by atoms with E-state index < -0.39 is 0 Å². The third kappa shape index (κ3) is 3.29. The molecule has 2 rings (SSSR count). The Balaban J connectivity index is 1.71. The first-order valence-electron chi connectivity index (χ1n) is 5.97. The van der Waals surface area contributed by atoms with Gasteiger partial charge in [-0.2, -0.15) is 0 Å². The van der Waals surface area contributed by atoms with Gasteiger partial charge in [0.25, 0.3) is 0 Å². The highest BCUT2D eigenvalue weighted by Gasteiger charge is 2.21. The summed E-state index contributed by atoms with van der Waals surface area (Å²) >= 11 is 5.30. The first-order chi connectivity index (χ1) is 7.79. The van der Waals surface area contributed by atoms with Crippen LogP contribution in [0.3, 0.4) is 0 Å². The van der Waals surface area contributed by atoms with E-state index >= 15 is 0 Å². The Bertz CT molecular complexity index is 327. The van der Waals surface area contributed by atoms with Gasteiger partial charge in [0.1, 0.15) is 0 Å². The van der Waals surface area contributed by atoms with E-state index in [9.17, 15) is 0 Å². The second-order valence-corrected chi connectivity index (χ2v) is 6.20. The first-order valence-corrected chi connectivity index (χ1v) is 7.64. The summed E-state index contributed by atoms with van der Waals surface area (Å²) in [5.74, 6) is 0. The molecule has 0 radical (unpaired) electrons. The summed E-state index contributed by atoms with van der Waals surface area (Å²) in [4.78, 5) is 3.99. The van der Waals surface area contributed by atoms with Crippen LogP contribution in [-0.4, -0.2) is 30.6 Å². The summed E-state index contributed by atoms with van der Waals surface area (Å²) in [6, 6.07) is 2.96. The molecule has 0 spiro atoms. The van der Waals surface area contributed by atoms with Crippen molar-refractivity contribution >= 4 is 27.3 Å². The van der Waals surface area contributed by atoms with Crippen molar-refractivity contribution in [3.63, 3.8) is 0 Å². The quantitative estimate of drug-likeness (QED) is 0.899. The van der Waals surface area contributed by atoms with Crippen molar-refractivity contribution in [3.8, 4) is 0 Å². The zero-order valence-electron chi connectivity index (χ0n) is 9.71. The smallest absolute Gasteiger partial charge is 0.0300 e. The molecule has 16 heavy (non-hydrogen) atoms. The molecule has 1 aromatic rings. The van der Waals surface area contributed by atoms with Gasteiger partial charge in [0.05, 0.1) is 0 Å². The summed E-state index contributed by atoms with van der Waals surface area (Å²) < 4.78 is 1.20. The van der Waals surface area contributed by atoms with Gasteiger partial charge >= 0.3 is 0 Å². The van der Waals surface area contributed by atoms with Gasteiger partial charge in [-0.3, -0.25) is 4.90 Å². The molecule has 1 atom stereocenters. The fourth-order valence-electron chi connectivity index (χ4n) is 2.35. The molecule has 1 aliphatic rings.